The molecule has 0 aliphatic carbocycles. The normalized spacial score (nSPS) is 21.9. The minimum atomic E-state index is -3.45. The molecular formula is C20H31N3O4S. The van der Waals surface area contributed by atoms with E-state index < -0.39 is 10.0 Å². The number of morpholine rings is 1. The Kier molecular flexibility index (Phi) is 7.09. The number of amides is 1. The zero-order chi connectivity index (χ0) is 20.1. The second-order valence-electron chi connectivity index (χ2n) is 7.99. The number of ether oxygens (including phenoxy) is 1. The lowest BCUT2D eigenvalue weighted by Gasteiger charge is -2.33. The van der Waals surface area contributed by atoms with Crippen LogP contribution >= 0.6 is 0 Å². The van der Waals surface area contributed by atoms with Gasteiger partial charge in [0.15, 0.2) is 0 Å². The molecule has 7 nitrogen and oxygen atoms in total. The number of carbonyl (C=O) groups excluding carboxylic acids is 1. The van der Waals surface area contributed by atoms with Crippen molar-refractivity contribution < 1.29 is 17.9 Å². The van der Waals surface area contributed by atoms with Gasteiger partial charge >= 0.3 is 0 Å². The molecule has 28 heavy (non-hydrogen) atoms. The van der Waals surface area contributed by atoms with Gasteiger partial charge in [-0.25, -0.2) is 8.42 Å². The summed E-state index contributed by atoms with van der Waals surface area (Å²) in [4.78, 5) is 15.0. The van der Waals surface area contributed by atoms with Gasteiger partial charge in [-0.15, -0.1) is 0 Å². The fourth-order valence-corrected chi connectivity index (χ4v) is 5.27. The molecule has 2 saturated heterocycles. The highest BCUT2D eigenvalue weighted by molar-refractivity contribution is 7.89. The monoisotopic (exact) mass is 409 g/mol. The van der Waals surface area contributed by atoms with E-state index in [9.17, 15) is 13.2 Å². The van der Waals surface area contributed by atoms with E-state index in [4.69, 9.17) is 4.74 Å². The fourth-order valence-electron chi connectivity index (χ4n) is 3.75. The molecule has 0 radical (unpaired) electrons. The topological polar surface area (TPSA) is 79.0 Å². The van der Waals surface area contributed by atoms with E-state index in [0.717, 1.165) is 32.5 Å². The predicted molar refractivity (Wildman–Crippen MR) is 108 cm³/mol. The number of hydrogen-bond acceptors (Lipinski definition) is 5. The van der Waals surface area contributed by atoms with Crippen LogP contribution in [0.1, 0.15) is 37.0 Å². The van der Waals surface area contributed by atoms with Crippen molar-refractivity contribution in [3.8, 4) is 0 Å². The van der Waals surface area contributed by atoms with E-state index in [-0.39, 0.29) is 16.9 Å². The van der Waals surface area contributed by atoms with E-state index in [1.165, 1.54) is 16.4 Å². The molecule has 0 saturated carbocycles. The summed E-state index contributed by atoms with van der Waals surface area (Å²) >= 11 is 0. The lowest BCUT2D eigenvalue weighted by molar-refractivity contribution is -0.0295. The Balaban J connectivity index is 1.53. The highest BCUT2D eigenvalue weighted by Gasteiger charge is 2.27. The number of carbonyl (C=O) groups is 1. The second kappa shape index (κ2) is 9.35. The van der Waals surface area contributed by atoms with E-state index >= 15 is 0 Å². The molecule has 3 rings (SSSR count). The van der Waals surface area contributed by atoms with Crippen LogP contribution in [0.3, 0.4) is 0 Å². The smallest absolute Gasteiger partial charge is 0.251 e. The van der Waals surface area contributed by atoms with Crippen LogP contribution in [-0.4, -0.2) is 75.5 Å². The van der Waals surface area contributed by atoms with Gasteiger partial charge in [0.25, 0.3) is 5.91 Å². The van der Waals surface area contributed by atoms with Crippen molar-refractivity contribution in [2.45, 2.75) is 37.7 Å². The Labute approximate surface area is 168 Å². The van der Waals surface area contributed by atoms with Crippen LogP contribution in [0, 0.1) is 5.92 Å². The molecule has 8 heteroatoms. The summed E-state index contributed by atoms with van der Waals surface area (Å²) in [6, 6.07) is 6.18. The number of benzene rings is 1. The summed E-state index contributed by atoms with van der Waals surface area (Å²) in [5.41, 5.74) is 0.454. The van der Waals surface area contributed by atoms with Crippen molar-refractivity contribution in [1.29, 1.82) is 0 Å². The molecule has 1 atom stereocenters. The Bertz CT molecular complexity index is 758. The quantitative estimate of drug-likeness (QED) is 0.739. The highest BCUT2D eigenvalue weighted by atomic mass is 32.2. The van der Waals surface area contributed by atoms with Crippen LogP contribution in [-0.2, 0) is 14.8 Å². The predicted octanol–water partition coefficient (Wildman–Crippen LogP) is 1.56. The van der Waals surface area contributed by atoms with Gasteiger partial charge in [-0.3, -0.25) is 9.69 Å². The Morgan fingerprint density at radius 2 is 1.86 bits per heavy atom. The highest BCUT2D eigenvalue weighted by Crippen LogP contribution is 2.21. The van der Waals surface area contributed by atoms with Gasteiger partial charge in [0.2, 0.25) is 10.0 Å². The summed E-state index contributed by atoms with van der Waals surface area (Å²) < 4.78 is 32.4. The van der Waals surface area contributed by atoms with Gasteiger partial charge in [0.1, 0.15) is 0 Å². The van der Waals surface area contributed by atoms with Crippen LogP contribution in [0.4, 0.5) is 0 Å². The molecule has 0 bridgehead atoms. The van der Waals surface area contributed by atoms with E-state index in [2.05, 4.69) is 24.1 Å². The van der Waals surface area contributed by atoms with E-state index in [0.29, 0.717) is 37.7 Å². The van der Waals surface area contributed by atoms with Gasteiger partial charge < -0.3 is 10.1 Å². The molecule has 0 spiro atoms. The lowest BCUT2D eigenvalue weighted by Crippen LogP contribution is -2.48. The summed E-state index contributed by atoms with van der Waals surface area (Å²) in [6.07, 6.45) is 1.78. The lowest BCUT2D eigenvalue weighted by atomic mass is 10.1. The molecule has 2 aliphatic rings. The van der Waals surface area contributed by atoms with Crippen LogP contribution in [0.25, 0.3) is 0 Å². The molecule has 1 N–H and O–H groups in total. The average molecular weight is 410 g/mol. The third kappa shape index (κ3) is 5.31. The first kappa shape index (κ1) is 21.2. The standard InChI is InChI=1S/C20H31N3O4S/c1-16(2)14-22-11-12-27-18(15-22)13-21-20(24)17-5-7-19(8-6-17)28(25,26)23-9-3-4-10-23/h5-8,16,18H,3-4,9-15H2,1-2H3,(H,21,24)/t18-/m1/s1. The molecular weight excluding hydrogens is 378 g/mol. The molecule has 0 unspecified atom stereocenters. The van der Waals surface area contributed by atoms with Gasteiger partial charge in [-0.05, 0) is 43.0 Å². The van der Waals surface area contributed by atoms with Crippen LogP contribution in [0.5, 0.6) is 0 Å². The zero-order valence-electron chi connectivity index (χ0n) is 16.8. The van der Waals surface area contributed by atoms with E-state index in [1.807, 2.05) is 0 Å². The maximum absolute atomic E-state index is 12.6. The molecule has 1 amide bonds. The molecule has 1 aromatic rings. The SMILES string of the molecule is CC(C)CN1CCO[C@H](CNC(=O)c2ccc(S(=O)(=O)N3CCCC3)cc2)C1. The van der Waals surface area contributed by atoms with Crippen LogP contribution in [0.15, 0.2) is 29.2 Å². The minimum Gasteiger partial charge on any atom is -0.374 e. The molecule has 2 heterocycles. The minimum absolute atomic E-state index is 0.0220. The van der Waals surface area contributed by atoms with Crippen molar-refractivity contribution in [3.63, 3.8) is 0 Å². The maximum Gasteiger partial charge on any atom is 0.251 e. The first-order valence-electron chi connectivity index (χ1n) is 10.1. The van der Waals surface area contributed by atoms with Crippen molar-refractivity contribution in [2.24, 2.45) is 5.92 Å². The molecule has 2 aliphatic heterocycles. The van der Waals surface area contributed by atoms with Crippen LogP contribution < -0.4 is 5.32 Å². The van der Waals surface area contributed by atoms with Gasteiger partial charge in [0.05, 0.1) is 17.6 Å². The fraction of sp³-hybridized carbons (Fsp3) is 0.650. The Morgan fingerprint density at radius 3 is 2.50 bits per heavy atom. The number of nitrogens with one attached hydrogen (secondary N) is 1. The number of sulfonamides is 1. The molecule has 2 fully saturated rings. The Morgan fingerprint density at radius 1 is 1.18 bits per heavy atom. The first-order valence-corrected chi connectivity index (χ1v) is 11.5. The molecule has 0 aromatic heterocycles. The third-order valence-corrected chi connectivity index (χ3v) is 7.07. The van der Waals surface area contributed by atoms with Gasteiger partial charge in [-0.2, -0.15) is 4.31 Å². The second-order valence-corrected chi connectivity index (χ2v) is 9.93. The summed E-state index contributed by atoms with van der Waals surface area (Å²) in [7, 11) is -3.45. The molecule has 1 aromatic carbocycles. The maximum atomic E-state index is 12.6. The number of rotatable bonds is 7. The van der Waals surface area contributed by atoms with Crippen molar-refractivity contribution in [2.75, 3.05) is 45.9 Å². The zero-order valence-corrected chi connectivity index (χ0v) is 17.6. The number of nitrogens with zero attached hydrogens (tertiary/aromatic N) is 2. The largest absolute Gasteiger partial charge is 0.374 e. The molecule has 156 valence electrons. The third-order valence-electron chi connectivity index (χ3n) is 5.16. The van der Waals surface area contributed by atoms with E-state index in [1.54, 1.807) is 12.1 Å². The van der Waals surface area contributed by atoms with Crippen LogP contribution in [0.2, 0.25) is 0 Å². The average Bonchev–Trinajstić information content (AvgIpc) is 3.22. The Hall–Kier alpha value is -1.48. The van der Waals surface area contributed by atoms with Crippen molar-refractivity contribution in [3.05, 3.63) is 29.8 Å². The van der Waals surface area contributed by atoms with Gasteiger partial charge in [-0.1, -0.05) is 13.8 Å². The first-order chi connectivity index (χ1) is 13.4. The van der Waals surface area contributed by atoms with Crippen molar-refractivity contribution in [1.82, 2.24) is 14.5 Å². The summed E-state index contributed by atoms with van der Waals surface area (Å²) in [5.74, 6) is 0.387. The summed E-state index contributed by atoms with van der Waals surface area (Å²) in [6.45, 7) is 9.42. The summed E-state index contributed by atoms with van der Waals surface area (Å²) in [5, 5.41) is 2.91. The van der Waals surface area contributed by atoms with Gasteiger partial charge in [0, 0.05) is 44.8 Å². The number of hydrogen-bond donors (Lipinski definition) is 1. The van der Waals surface area contributed by atoms with Crippen molar-refractivity contribution >= 4 is 15.9 Å².